The first-order chi connectivity index (χ1) is 10.4. The van der Waals surface area contributed by atoms with Crippen molar-refractivity contribution in [3.8, 4) is 0 Å². The molecule has 114 valence electrons. The molecule has 1 aliphatic rings. The van der Waals surface area contributed by atoms with Gasteiger partial charge in [-0.2, -0.15) is 0 Å². The van der Waals surface area contributed by atoms with Crippen LogP contribution in [0.1, 0.15) is 19.3 Å². The van der Waals surface area contributed by atoms with E-state index in [1.54, 1.807) is 6.26 Å². The maximum atomic E-state index is 5.53. The van der Waals surface area contributed by atoms with Gasteiger partial charge in [-0.05, 0) is 38.1 Å². The van der Waals surface area contributed by atoms with E-state index >= 15 is 0 Å². The Morgan fingerprint density at radius 1 is 1.10 bits per heavy atom. The van der Waals surface area contributed by atoms with Crippen molar-refractivity contribution in [1.29, 1.82) is 0 Å². The van der Waals surface area contributed by atoms with Crippen molar-refractivity contribution in [2.45, 2.75) is 19.3 Å². The van der Waals surface area contributed by atoms with Crippen LogP contribution in [0.2, 0.25) is 0 Å². The first-order valence-electron chi connectivity index (χ1n) is 7.88. The summed E-state index contributed by atoms with van der Waals surface area (Å²) in [5.74, 6) is 1.06. The minimum atomic E-state index is 0.814. The fourth-order valence-electron chi connectivity index (χ4n) is 2.97. The topological polar surface area (TPSA) is 58.5 Å². The molecule has 0 bridgehead atoms. The van der Waals surface area contributed by atoms with Gasteiger partial charge in [0, 0.05) is 32.4 Å². The molecule has 2 aromatic rings. The second-order valence-electron chi connectivity index (χ2n) is 5.64. The van der Waals surface area contributed by atoms with Gasteiger partial charge >= 0.3 is 0 Å². The molecule has 1 saturated heterocycles. The predicted octanol–water partition coefficient (Wildman–Crippen LogP) is 2.08. The summed E-state index contributed by atoms with van der Waals surface area (Å²) in [6.07, 6.45) is 7.22. The Labute approximate surface area is 125 Å². The van der Waals surface area contributed by atoms with E-state index in [0.29, 0.717) is 0 Å². The average molecular weight is 288 g/mol. The molecule has 0 amide bonds. The van der Waals surface area contributed by atoms with Gasteiger partial charge in [0.2, 0.25) is 0 Å². The molecule has 2 N–H and O–H groups in total. The van der Waals surface area contributed by atoms with Crippen LogP contribution in [-0.4, -0.2) is 49.2 Å². The lowest BCUT2D eigenvalue weighted by Gasteiger charge is -2.35. The Hall–Kier alpha value is -1.59. The second kappa shape index (κ2) is 6.91. The molecule has 3 rings (SSSR count). The van der Waals surface area contributed by atoms with Crippen LogP contribution in [0.25, 0.3) is 11.0 Å². The third-order valence-electron chi connectivity index (χ3n) is 4.21. The molecule has 0 saturated carbocycles. The van der Waals surface area contributed by atoms with Gasteiger partial charge in [-0.15, -0.1) is 0 Å². The Balaban J connectivity index is 1.55. The lowest BCUT2D eigenvalue weighted by atomic mass is 10.2. The number of hydrogen-bond acceptors (Lipinski definition) is 5. The standard InChI is InChI=1S/C16H24N4O/c17-6-2-1-3-8-19-9-11-20(12-10-19)16-14-5-13-21-15(14)4-7-18-16/h4-5,7,13H,1-3,6,8-12,17H2. The quantitative estimate of drug-likeness (QED) is 0.825. The van der Waals surface area contributed by atoms with Crippen LogP contribution in [0.3, 0.4) is 0 Å². The maximum Gasteiger partial charge on any atom is 0.139 e. The van der Waals surface area contributed by atoms with Crippen molar-refractivity contribution >= 4 is 16.8 Å². The minimum absolute atomic E-state index is 0.814. The highest BCUT2D eigenvalue weighted by molar-refractivity contribution is 5.88. The van der Waals surface area contributed by atoms with E-state index in [0.717, 1.165) is 55.9 Å². The lowest BCUT2D eigenvalue weighted by molar-refractivity contribution is 0.252. The number of pyridine rings is 1. The summed E-state index contributed by atoms with van der Waals surface area (Å²) in [6, 6.07) is 3.93. The number of nitrogens with two attached hydrogens (primary N) is 1. The summed E-state index contributed by atoms with van der Waals surface area (Å²) >= 11 is 0. The summed E-state index contributed by atoms with van der Waals surface area (Å²) in [4.78, 5) is 9.46. The molecule has 3 heterocycles. The zero-order valence-electron chi connectivity index (χ0n) is 12.5. The molecule has 0 atom stereocenters. The van der Waals surface area contributed by atoms with Gasteiger partial charge in [-0.3, -0.25) is 4.90 Å². The number of rotatable bonds is 6. The molecule has 0 spiro atoms. The van der Waals surface area contributed by atoms with E-state index in [9.17, 15) is 0 Å². The summed E-state index contributed by atoms with van der Waals surface area (Å²) in [5.41, 5.74) is 6.45. The Morgan fingerprint density at radius 2 is 1.95 bits per heavy atom. The maximum absolute atomic E-state index is 5.53. The lowest BCUT2D eigenvalue weighted by Crippen LogP contribution is -2.47. The smallest absolute Gasteiger partial charge is 0.139 e. The molecule has 1 aliphatic heterocycles. The number of aromatic nitrogens is 1. The van der Waals surface area contributed by atoms with Gasteiger partial charge < -0.3 is 15.1 Å². The van der Waals surface area contributed by atoms with Crippen molar-refractivity contribution in [1.82, 2.24) is 9.88 Å². The number of anilines is 1. The van der Waals surface area contributed by atoms with Gasteiger partial charge in [0.05, 0.1) is 11.6 Å². The first-order valence-corrected chi connectivity index (χ1v) is 7.88. The molecule has 0 aromatic carbocycles. The normalized spacial score (nSPS) is 16.7. The van der Waals surface area contributed by atoms with Crippen LogP contribution in [0.4, 0.5) is 5.82 Å². The van der Waals surface area contributed by atoms with E-state index in [2.05, 4.69) is 14.8 Å². The first kappa shape index (κ1) is 14.4. The SMILES string of the molecule is NCCCCCN1CCN(c2nccc3occc23)CC1. The van der Waals surface area contributed by atoms with Crippen LogP contribution >= 0.6 is 0 Å². The predicted molar refractivity (Wildman–Crippen MR) is 85.6 cm³/mol. The molecule has 0 radical (unpaired) electrons. The van der Waals surface area contributed by atoms with Gasteiger partial charge in [-0.1, -0.05) is 6.42 Å². The monoisotopic (exact) mass is 288 g/mol. The third kappa shape index (κ3) is 3.36. The van der Waals surface area contributed by atoms with Gasteiger partial charge in [0.15, 0.2) is 0 Å². The largest absolute Gasteiger partial charge is 0.464 e. The summed E-state index contributed by atoms with van der Waals surface area (Å²) in [7, 11) is 0. The van der Waals surface area contributed by atoms with Gasteiger partial charge in [-0.25, -0.2) is 4.98 Å². The van der Waals surface area contributed by atoms with Crippen molar-refractivity contribution in [3.63, 3.8) is 0 Å². The molecule has 21 heavy (non-hydrogen) atoms. The van der Waals surface area contributed by atoms with Crippen molar-refractivity contribution in [2.24, 2.45) is 5.73 Å². The van der Waals surface area contributed by atoms with E-state index in [4.69, 9.17) is 10.2 Å². The van der Waals surface area contributed by atoms with Gasteiger partial charge in [0.25, 0.3) is 0 Å². The molecule has 5 nitrogen and oxygen atoms in total. The molecular weight excluding hydrogens is 264 g/mol. The second-order valence-corrected chi connectivity index (χ2v) is 5.64. The third-order valence-corrected chi connectivity index (χ3v) is 4.21. The number of furan rings is 1. The molecule has 1 fully saturated rings. The van der Waals surface area contributed by atoms with Crippen LogP contribution in [0.15, 0.2) is 29.0 Å². The average Bonchev–Trinajstić information content (AvgIpc) is 3.01. The molecular formula is C16H24N4O. The summed E-state index contributed by atoms with van der Waals surface area (Å²) in [5, 5.41) is 1.12. The Bertz CT molecular complexity index is 560. The number of piperazine rings is 1. The Morgan fingerprint density at radius 3 is 2.76 bits per heavy atom. The van der Waals surface area contributed by atoms with Crippen LogP contribution in [0.5, 0.6) is 0 Å². The molecule has 0 aliphatic carbocycles. The number of hydrogen-bond donors (Lipinski definition) is 1. The van der Waals surface area contributed by atoms with Crippen molar-refractivity contribution in [2.75, 3.05) is 44.2 Å². The van der Waals surface area contributed by atoms with E-state index in [-0.39, 0.29) is 0 Å². The zero-order valence-corrected chi connectivity index (χ0v) is 12.5. The fraction of sp³-hybridized carbons (Fsp3) is 0.562. The van der Waals surface area contributed by atoms with Crippen LogP contribution in [-0.2, 0) is 0 Å². The molecule has 5 heteroatoms. The van der Waals surface area contributed by atoms with Crippen molar-refractivity contribution in [3.05, 3.63) is 24.6 Å². The van der Waals surface area contributed by atoms with Crippen molar-refractivity contribution < 1.29 is 4.42 Å². The van der Waals surface area contributed by atoms with E-state index in [1.165, 1.54) is 19.4 Å². The summed E-state index contributed by atoms with van der Waals surface area (Å²) < 4.78 is 5.46. The zero-order chi connectivity index (χ0) is 14.5. The van der Waals surface area contributed by atoms with Crippen LogP contribution in [0, 0.1) is 0 Å². The highest BCUT2D eigenvalue weighted by Crippen LogP contribution is 2.25. The molecule has 2 aromatic heterocycles. The van der Waals surface area contributed by atoms with Gasteiger partial charge in [0.1, 0.15) is 11.4 Å². The number of fused-ring (bicyclic) bond motifs is 1. The number of unbranched alkanes of at least 4 members (excludes halogenated alkanes) is 2. The van der Waals surface area contributed by atoms with E-state index < -0.39 is 0 Å². The van der Waals surface area contributed by atoms with Crippen LogP contribution < -0.4 is 10.6 Å². The Kier molecular flexibility index (Phi) is 4.72. The minimum Gasteiger partial charge on any atom is -0.464 e. The highest BCUT2D eigenvalue weighted by atomic mass is 16.3. The summed E-state index contributed by atoms with van der Waals surface area (Å²) in [6.45, 7) is 6.30. The molecule has 0 unspecified atom stereocenters. The van der Waals surface area contributed by atoms with E-state index in [1.807, 2.05) is 18.3 Å². The number of nitrogens with zero attached hydrogens (tertiary/aromatic N) is 3. The fourth-order valence-corrected chi connectivity index (χ4v) is 2.97. The highest BCUT2D eigenvalue weighted by Gasteiger charge is 2.19.